The van der Waals surface area contributed by atoms with Crippen molar-refractivity contribution in [2.24, 2.45) is 11.8 Å². The van der Waals surface area contributed by atoms with E-state index in [1.807, 2.05) is 30.9 Å². The number of nitrogens with zero attached hydrogens (tertiary/aromatic N) is 1. The zero-order valence-corrected chi connectivity index (χ0v) is 17.3. The highest BCUT2D eigenvalue weighted by Crippen LogP contribution is 2.36. The first-order chi connectivity index (χ1) is 13.3. The lowest BCUT2D eigenvalue weighted by Gasteiger charge is -2.28. The molecule has 2 unspecified atom stereocenters. The number of hydrogen-bond acceptors (Lipinski definition) is 3. The summed E-state index contributed by atoms with van der Waals surface area (Å²) in [6, 6.07) is 3.95. The standard InChI is InChI=1S/C24H29NO3/c1-5-6-18-9-15(2)23(16(3)10-18)24-21(27)11-19-7-8-20(12-22(24)28)14-25(13-19)17(4)26/h9-10,19-20,24H,7-8,11-14H2,1-4H3. The molecule has 0 radical (unpaired) electrons. The van der Waals surface area contributed by atoms with Crippen LogP contribution in [-0.4, -0.2) is 35.5 Å². The van der Waals surface area contributed by atoms with Crippen LogP contribution in [0.25, 0.3) is 0 Å². The number of aryl methyl sites for hydroxylation is 2. The monoisotopic (exact) mass is 379 g/mol. The lowest BCUT2D eigenvalue weighted by Crippen LogP contribution is -2.38. The van der Waals surface area contributed by atoms with E-state index in [0.717, 1.165) is 35.1 Å². The Morgan fingerprint density at radius 2 is 1.50 bits per heavy atom. The molecule has 1 saturated carbocycles. The molecule has 1 amide bonds. The van der Waals surface area contributed by atoms with Crippen LogP contribution in [0.3, 0.4) is 0 Å². The van der Waals surface area contributed by atoms with Crippen molar-refractivity contribution in [3.8, 4) is 11.8 Å². The minimum Gasteiger partial charge on any atom is -0.342 e. The highest BCUT2D eigenvalue weighted by molar-refractivity contribution is 6.08. The molecule has 0 spiro atoms. The van der Waals surface area contributed by atoms with Crippen molar-refractivity contribution in [1.29, 1.82) is 0 Å². The lowest BCUT2D eigenvalue weighted by molar-refractivity contribution is -0.134. The minimum atomic E-state index is -0.685. The summed E-state index contributed by atoms with van der Waals surface area (Å²) in [7, 11) is 0. The number of rotatable bonds is 1. The number of carbonyl (C=O) groups is 3. The summed E-state index contributed by atoms with van der Waals surface area (Å²) in [5, 5.41) is 0. The van der Waals surface area contributed by atoms with Gasteiger partial charge in [0.05, 0.1) is 0 Å². The molecule has 4 nitrogen and oxygen atoms in total. The first-order valence-electron chi connectivity index (χ1n) is 10.1. The zero-order chi connectivity index (χ0) is 20.4. The molecule has 1 aliphatic carbocycles. The quantitative estimate of drug-likeness (QED) is 0.554. The van der Waals surface area contributed by atoms with Crippen LogP contribution < -0.4 is 0 Å². The van der Waals surface area contributed by atoms with Gasteiger partial charge in [-0.05, 0) is 74.3 Å². The van der Waals surface area contributed by atoms with Crippen molar-refractivity contribution in [2.75, 3.05) is 13.1 Å². The van der Waals surface area contributed by atoms with Gasteiger partial charge in [0.15, 0.2) is 0 Å². The average Bonchev–Trinajstić information content (AvgIpc) is 2.77. The molecule has 0 N–H and O–H groups in total. The first-order valence-corrected chi connectivity index (χ1v) is 10.1. The molecule has 2 fully saturated rings. The molecule has 3 rings (SSSR count). The van der Waals surface area contributed by atoms with E-state index in [-0.39, 0.29) is 29.3 Å². The van der Waals surface area contributed by atoms with Crippen LogP contribution in [0, 0.1) is 37.5 Å². The Morgan fingerprint density at radius 3 is 1.93 bits per heavy atom. The molecule has 4 heteroatoms. The van der Waals surface area contributed by atoms with E-state index in [2.05, 4.69) is 11.8 Å². The van der Waals surface area contributed by atoms with Crippen molar-refractivity contribution in [3.63, 3.8) is 0 Å². The number of fused-ring (bicyclic) bond motifs is 3. The second-order valence-electron chi connectivity index (χ2n) is 8.41. The van der Waals surface area contributed by atoms with Crippen molar-refractivity contribution >= 4 is 17.5 Å². The molecular formula is C24H29NO3. The Kier molecular flexibility index (Phi) is 6.03. The molecule has 2 aliphatic rings. The van der Waals surface area contributed by atoms with Crippen LogP contribution in [0.5, 0.6) is 0 Å². The van der Waals surface area contributed by atoms with E-state index in [9.17, 15) is 14.4 Å². The molecule has 2 atom stereocenters. The van der Waals surface area contributed by atoms with Gasteiger partial charge in [-0.3, -0.25) is 14.4 Å². The third kappa shape index (κ3) is 4.19. The van der Waals surface area contributed by atoms with Gasteiger partial charge in [0.1, 0.15) is 17.5 Å². The maximum atomic E-state index is 13.3. The summed E-state index contributed by atoms with van der Waals surface area (Å²) in [4.78, 5) is 40.3. The van der Waals surface area contributed by atoms with E-state index in [1.54, 1.807) is 13.8 Å². The summed E-state index contributed by atoms with van der Waals surface area (Å²) < 4.78 is 0. The average molecular weight is 380 g/mol. The lowest BCUT2D eigenvalue weighted by atomic mass is 9.79. The smallest absolute Gasteiger partial charge is 0.219 e. The van der Waals surface area contributed by atoms with Gasteiger partial charge in [-0.25, -0.2) is 0 Å². The van der Waals surface area contributed by atoms with Crippen LogP contribution in [0.1, 0.15) is 67.7 Å². The third-order valence-corrected chi connectivity index (χ3v) is 6.16. The maximum Gasteiger partial charge on any atom is 0.219 e. The number of likely N-dealkylation sites (tertiary alicyclic amines) is 1. The van der Waals surface area contributed by atoms with Gasteiger partial charge in [0.25, 0.3) is 0 Å². The van der Waals surface area contributed by atoms with E-state index >= 15 is 0 Å². The molecule has 0 aromatic heterocycles. The maximum absolute atomic E-state index is 13.3. The van der Waals surface area contributed by atoms with Crippen molar-refractivity contribution in [2.45, 2.75) is 59.3 Å². The Labute approximate surface area is 167 Å². The van der Waals surface area contributed by atoms with Gasteiger partial charge in [-0.1, -0.05) is 5.92 Å². The van der Waals surface area contributed by atoms with Gasteiger partial charge in [-0.2, -0.15) is 0 Å². The molecule has 2 bridgehead atoms. The number of ketones is 2. The highest BCUT2D eigenvalue weighted by atomic mass is 16.2. The molecule has 28 heavy (non-hydrogen) atoms. The van der Waals surface area contributed by atoms with E-state index in [4.69, 9.17) is 0 Å². The Balaban J connectivity index is 1.99. The minimum absolute atomic E-state index is 0.00146. The normalized spacial score (nSPS) is 25.3. The molecule has 1 heterocycles. The fourth-order valence-electron chi connectivity index (χ4n) is 4.89. The zero-order valence-electron chi connectivity index (χ0n) is 17.3. The van der Waals surface area contributed by atoms with Crippen LogP contribution >= 0.6 is 0 Å². The van der Waals surface area contributed by atoms with Gasteiger partial charge in [0.2, 0.25) is 5.91 Å². The summed E-state index contributed by atoms with van der Waals surface area (Å²) in [6.07, 6.45) is 2.54. The summed E-state index contributed by atoms with van der Waals surface area (Å²) >= 11 is 0. The van der Waals surface area contributed by atoms with Crippen LogP contribution in [0.15, 0.2) is 12.1 Å². The van der Waals surface area contributed by atoms with Crippen LogP contribution in [-0.2, 0) is 14.4 Å². The fourth-order valence-corrected chi connectivity index (χ4v) is 4.89. The van der Waals surface area contributed by atoms with Crippen molar-refractivity contribution in [1.82, 2.24) is 4.90 Å². The van der Waals surface area contributed by atoms with E-state index < -0.39 is 5.92 Å². The molecule has 1 aliphatic heterocycles. The summed E-state index contributed by atoms with van der Waals surface area (Å²) in [6.45, 7) is 8.56. The number of Topliss-reactive ketones (excluding diaryl/α,β-unsaturated/α-hetero) is 2. The summed E-state index contributed by atoms with van der Waals surface area (Å²) in [5.41, 5.74) is 3.69. The third-order valence-electron chi connectivity index (χ3n) is 6.16. The fraction of sp³-hybridized carbons (Fsp3) is 0.542. The Morgan fingerprint density at radius 1 is 1.00 bits per heavy atom. The number of amides is 1. The SMILES string of the molecule is CC#Cc1cc(C)c(C2C(=O)CC3CCC(CC2=O)CN(C(C)=O)C3)c(C)c1. The van der Waals surface area contributed by atoms with E-state index in [1.165, 1.54) is 0 Å². The van der Waals surface area contributed by atoms with Gasteiger partial charge >= 0.3 is 0 Å². The number of benzene rings is 1. The first kappa shape index (κ1) is 20.3. The topological polar surface area (TPSA) is 54.5 Å². The van der Waals surface area contributed by atoms with Crippen LogP contribution in [0.2, 0.25) is 0 Å². The number of hydrogen-bond donors (Lipinski definition) is 0. The molecular weight excluding hydrogens is 350 g/mol. The van der Waals surface area contributed by atoms with Gasteiger partial charge in [-0.15, -0.1) is 5.92 Å². The van der Waals surface area contributed by atoms with Crippen molar-refractivity contribution in [3.05, 3.63) is 34.4 Å². The number of carbonyl (C=O) groups excluding carboxylic acids is 3. The van der Waals surface area contributed by atoms with Gasteiger partial charge < -0.3 is 4.90 Å². The molecule has 148 valence electrons. The molecule has 1 aromatic rings. The Bertz CT molecular complexity index is 823. The molecule has 1 aromatic carbocycles. The predicted octanol–water partition coefficient (Wildman–Crippen LogP) is 3.57. The Hall–Kier alpha value is -2.41. The molecule has 1 saturated heterocycles. The summed E-state index contributed by atoms with van der Waals surface area (Å²) in [5.74, 6) is 5.60. The van der Waals surface area contributed by atoms with Gasteiger partial charge in [0, 0.05) is 38.4 Å². The largest absolute Gasteiger partial charge is 0.342 e. The second-order valence-corrected chi connectivity index (χ2v) is 8.41. The second kappa shape index (κ2) is 8.31. The van der Waals surface area contributed by atoms with E-state index in [0.29, 0.717) is 25.9 Å². The van der Waals surface area contributed by atoms with Crippen molar-refractivity contribution < 1.29 is 14.4 Å². The predicted molar refractivity (Wildman–Crippen MR) is 109 cm³/mol. The van der Waals surface area contributed by atoms with Crippen LogP contribution in [0.4, 0.5) is 0 Å². The highest BCUT2D eigenvalue weighted by Gasteiger charge is 2.38.